The number of ether oxygens (including phenoxy) is 2. The molecule has 2 heterocycles. The average molecular weight is 464 g/mol. The summed E-state index contributed by atoms with van der Waals surface area (Å²) in [6, 6.07) is 16.4. The molecule has 3 N–H and O–H groups in total. The number of aryl methyl sites for hydroxylation is 1. The van der Waals surface area contributed by atoms with Crippen LogP contribution in [0.4, 0.5) is 0 Å². The third kappa shape index (κ3) is 4.88. The molecule has 2 amide bonds. The summed E-state index contributed by atoms with van der Waals surface area (Å²) in [5.74, 6) is -0.165. The minimum atomic E-state index is -0.919. The van der Waals surface area contributed by atoms with Gasteiger partial charge in [0, 0.05) is 41.5 Å². The van der Waals surface area contributed by atoms with Crippen LogP contribution in [0.15, 0.2) is 54.6 Å². The Hall–Kier alpha value is -3.49. The van der Waals surface area contributed by atoms with Crippen molar-refractivity contribution in [2.45, 2.75) is 39.3 Å². The summed E-state index contributed by atoms with van der Waals surface area (Å²) >= 11 is 0. The molecule has 34 heavy (non-hydrogen) atoms. The zero-order valence-electron chi connectivity index (χ0n) is 19.3. The molecule has 4 rings (SSSR count). The van der Waals surface area contributed by atoms with Gasteiger partial charge in [-0.2, -0.15) is 0 Å². The van der Waals surface area contributed by atoms with Crippen molar-refractivity contribution in [1.29, 1.82) is 0 Å². The molecule has 8 heteroatoms. The molecule has 0 aliphatic carbocycles. The van der Waals surface area contributed by atoms with E-state index in [1.165, 1.54) is 0 Å². The highest BCUT2D eigenvalue weighted by molar-refractivity contribution is 5.95. The molecule has 0 radical (unpaired) electrons. The summed E-state index contributed by atoms with van der Waals surface area (Å²) in [5.41, 5.74) is 4.19. The number of hydroxylamine groups is 1. The quantitative estimate of drug-likeness (QED) is 0.365. The van der Waals surface area contributed by atoms with Crippen molar-refractivity contribution < 1.29 is 24.3 Å². The van der Waals surface area contributed by atoms with Crippen molar-refractivity contribution >= 4 is 22.7 Å². The van der Waals surface area contributed by atoms with Crippen molar-refractivity contribution in [2.75, 3.05) is 13.2 Å². The molecule has 2 aromatic carbocycles. The van der Waals surface area contributed by atoms with E-state index in [0.717, 1.165) is 22.2 Å². The van der Waals surface area contributed by atoms with Gasteiger partial charge in [0.05, 0.1) is 10.9 Å². The number of aromatic nitrogens is 1. The van der Waals surface area contributed by atoms with E-state index >= 15 is 0 Å². The minimum Gasteiger partial charge on any atom is -0.489 e. The molecule has 1 aliphatic heterocycles. The van der Waals surface area contributed by atoms with Crippen LogP contribution in [-0.4, -0.2) is 41.3 Å². The number of hydrogen-bond donors (Lipinski definition) is 3. The minimum absolute atomic E-state index is 0.300. The summed E-state index contributed by atoms with van der Waals surface area (Å²) < 4.78 is 11.3. The first kappa shape index (κ1) is 23.7. The Morgan fingerprint density at radius 2 is 1.85 bits per heavy atom. The van der Waals surface area contributed by atoms with E-state index in [0.29, 0.717) is 44.0 Å². The number of nitrogens with zero attached hydrogens (tertiary/aromatic N) is 1. The predicted octanol–water partition coefficient (Wildman–Crippen LogP) is 3.54. The number of nitrogens with one attached hydrogen (secondary N) is 2. The van der Waals surface area contributed by atoms with Gasteiger partial charge in [-0.1, -0.05) is 18.2 Å². The Labute approximate surface area is 198 Å². The van der Waals surface area contributed by atoms with Crippen LogP contribution in [0, 0.1) is 12.3 Å². The maximum atomic E-state index is 12.8. The third-order valence-electron chi connectivity index (χ3n) is 6.56. The molecule has 0 saturated carbocycles. The SMILES string of the molecule is Cc1cc(COc2ccc(C(=O)NC(C)C3(C(=O)NO)CCOCC3)cc2)c2ccccc2n1. The molecule has 0 spiro atoms. The highest BCUT2D eigenvalue weighted by atomic mass is 16.5. The monoisotopic (exact) mass is 463 g/mol. The number of hydrogen-bond acceptors (Lipinski definition) is 6. The fourth-order valence-corrected chi connectivity index (χ4v) is 4.50. The molecule has 1 aromatic heterocycles. The van der Waals surface area contributed by atoms with Gasteiger partial charge in [-0.05, 0) is 63.1 Å². The van der Waals surface area contributed by atoms with Crippen molar-refractivity contribution in [1.82, 2.24) is 15.8 Å². The molecule has 1 unspecified atom stereocenters. The molecule has 178 valence electrons. The molecular weight excluding hydrogens is 434 g/mol. The normalized spacial score (nSPS) is 16.0. The highest BCUT2D eigenvalue weighted by Crippen LogP contribution is 2.34. The second-order valence-electron chi connectivity index (χ2n) is 8.66. The van der Waals surface area contributed by atoms with Crippen LogP contribution < -0.4 is 15.5 Å². The van der Waals surface area contributed by atoms with E-state index in [4.69, 9.17) is 9.47 Å². The van der Waals surface area contributed by atoms with E-state index in [1.807, 2.05) is 37.3 Å². The van der Waals surface area contributed by atoms with E-state index in [1.54, 1.807) is 36.7 Å². The van der Waals surface area contributed by atoms with Gasteiger partial charge in [0.15, 0.2) is 0 Å². The van der Waals surface area contributed by atoms with Gasteiger partial charge in [-0.15, -0.1) is 0 Å². The van der Waals surface area contributed by atoms with Crippen LogP contribution in [0.5, 0.6) is 5.75 Å². The number of rotatable bonds is 7. The van der Waals surface area contributed by atoms with E-state index in [9.17, 15) is 14.8 Å². The number of benzene rings is 2. The lowest BCUT2D eigenvalue weighted by Crippen LogP contribution is -2.56. The first-order valence-corrected chi connectivity index (χ1v) is 11.3. The Morgan fingerprint density at radius 3 is 2.56 bits per heavy atom. The summed E-state index contributed by atoms with van der Waals surface area (Å²) in [5, 5.41) is 13.2. The lowest BCUT2D eigenvalue weighted by atomic mass is 9.73. The van der Waals surface area contributed by atoms with Gasteiger partial charge in [0.2, 0.25) is 0 Å². The first-order valence-electron chi connectivity index (χ1n) is 11.3. The largest absolute Gasteiger partial charge is 0.489 e. The third-order valence-corrected chi connectivity index (χ3v) is 6.56. The summed E-state index contributed by atoms with van der Waals surface area (Å²) in [6.07, 6.45) is 0.827. The molecule has 3 aromatic rings. The molecule has 1 fully saturated rings. The number of carbonyl (C=O) groups excluding carboxylic acids is 2. The molecule has 0 bridgehead atoms. The number of carbonyl (C=O) groups is 2. The second-order valence-corrected chi connectivity index (χ2v) is 8.66. The van der Waals surface area contributed by atoms with Crippen molar-refractivity contribution in [3.05, 3.63) is 71.4 Å². The number of pyridine rings is 1. The van der Waals surface area contributed by atoms with Crippen LogP contribution in [-0.2, 0) is 16.1 Å². The van der Waals surface area contributed by atoms with Crippen molar-refractivity contribution in [2.24, 2.45) is 5.41 Å². The van der Waals surface area contributed by atoms with Gasteiger partial charge in [-0.25, -0.2) is 5.48 Å². The number of amides is 2. The molecule has 1 saturated heterocycles. The van der Waals surface area contributed by atoms with Crippen LogP contribution >= 0.6 is 0 Å². The lowest BCUT2D eigenvalue weighted by molar-refractivity contribution is -0.147. The second kappa shape index (κ2) is 10.2. The predicted molar refractivity (Wildman–Crippen MR) is 127 cm³/mol. The van der Waals surface area contributed by atoms with Crippen LogP contribution in [0.2, 0.25) is 0 Å². The van der Waals surface area contributed by atoms with Crippen molar-refractivity contribution in [3.8, 4) is 5.75 Å². The zero-order chi connectivity index (χ0) is 24.1. The molecule has 1 aliphatic rings. The molecule has 8 nitrogen and oxygen atoms in total. The molecule has 1 atom stereocenters. The smallest absolute Gasteiger partial charge is 0.251 e. The van der Waals surface area contributed by atoms with Crippen molar-refractivity contribution in [3.63, 3.8) is 0 Å². The van der Waals surface area contributed by atoms with Gasteiger partial charge in [0.25, 0.3) is 11.8 Å². The van der Waals surface area contributed by atoms with E-state index in [-0.39, 0.29) is 5.91 Å². The van der Waals surface area contributed by atoms with Crippen LogP contribution in [0.25, 0.3) is 10.9 Å². The first-order chi connectivity index (χ1) is 16.4. The highest BCUT2D eigenvalue weighted by Gasteiger charge is 2.45. The average Bonchev–Trinajstić information content (AvgIpc) is 2.87. The fraction of sp³-hybridized carbons (Fsp3) is 0.346. The Bertz CT molecular complexity index is 1170. The number of para-hydroxylation sites is 1. The van der Waals surface area contributed by atoms with E-state index < -0.39 is 17.4 Å². The van der Waals surface area contributed by atoms with Gasteiger partial charge >= 0.3 is 0 Å². The van der Waals surface area contributed by atoms with Gasteiger partial charge in [-0.3, -0.25) is 19.8 Å². The van der Waals surface area contributed by atoms with Crippen LogP contribution in [0.1, 0.15) is 41.4 Å². The Kier molecular flexibility index (Phi) is 7.09. The number of fused-ring (bicyclic) bond motifs is 1. The molecular formula is C26H29N3O5. The lowest BCUT2D eigenvalue weighted by Gasteiger charge is -2.40. The van der Waals surface area contributed by atoms with E-state index in [2.05, 4.69) is 10.3 Å². The zero-order valence-corrected chi connectivity index (χ0v) is 19.3. The standard InChI is InChI=1S/C26H29N3O5/c1-17-15-20(22-5-3-4-6-23(22)27-17)16-34-21-9-7-19(8-10-21)24(30)28-18(2)26(25(31)29-32)11-13-33-14-12-26/h3-10,15,18,32H,11-14,16H2,1-2H3,(H,28,30)(H,29,31). The maximum absolute atomic E-state index is 12.8. The summed E-state index contributed by atoms with van der Waals surface area (Å²) in [6.45, 7) is 4.90. The fourth-order valence-electron chi connectivity index (χ4n) is 4.50. The van der Waals surface area contributed by atoms with Gasteiger partial charge < -0.3 is 14.8 Å². The summed E-state index contributed by atoms with van der Waals surface area (Å²) in [7, 11) is 0. The Morgan fingerprint density at radius 1 is 1.15 bits per heavy atom. The summed E-state index contributed by atoms with van der Waals surface area (Å²) in [4.78, 5) is 29.8. The maximum Gasteiger partial charge on any atom is 0.251 e. The van der Waals surface area contributed by atoms with Gasteiger partial charge in [0.1, 0.15) is 12.4 Å². The van der Waals surface area contributed by atoms with Crippen LogP contribution in [0.3, 0.4) is 0 Å². The Balaban J connectivity index is 1.41. The topological polar surface area (TPSA) is 110 Å².